The Morgan fingerprint density at radius 2 is 2.12 bits per heavy atom. The summed E-state index contributed by atoms with van der Waals surface area (Å²) < 4.78 is 0. The highest BCUT2D eigenvalue weighted by molar-refractivity contribution is 9.09. The van der Waals surface area contributed by atoms with Crippen LogP contribution in [0, 0.1) is 6.92 Å². The predicted molar refractivity (Wildman–Crippen MR) is 74.2 cm³/mol. The van der Waals surface area contributed by atoms with Crippen molar-refractivity contribution in [2.45, 2.75) is 57.2 Å². The molecule has 0 aliphatic heterocycles. The van der Waals surface area contributed by atoms with Crippen LogP contribution in [0.4, 0.5) is 0 Å². The summed E-state index contributed by atoms with van der Waals surface area (Å²) in [7, 11) is 0. The summed E-state index contributed by atoms with van der Waals surface area (Å²) in [5, 5.41) is 0. The SMILES string of the molecule is CCCCCCC(Br)Cc1ncccc1C. The molecule has 0 N–H and O–H groups in total. The molecule has 1 heterocycles. The van der Waals surface area contributed by atoms with Crippen molar-refractivity contribution >= 4 is 15.9 Å². The quantitative estimate of drug-likeness (QED) is 0.524. The summed E-state index contributed by atoms with van der Waals surface area (Å²) in [5.41, 5.74) is 2.54. The molecule has 2 heteroatoms. The van der Waals surface area contributed by atoms with Crippen LogP contribution in [0.5, 0.6) is 0 Å². The largest absolute Gasteiger partial charge is 0.261 e. The molecule has 0 saturated heterocycles. The van der Waals surface area contributed by atoms with Gasteiger partial charge in [0.05, 0.1) is 0 Å². The van der Waals surface area contributed by atoms with Crippen LogP contribution in [0.15, 0.2) is 18.3 Å². The third-order valence-corrected chi connectivity index (χ3v) is 3.69. The first kappa shape index (κ1) is 13.7. The molecule has 0 fully saturated rings. The van der Waals surface area contributed by atoms with Gasteiger partial charge in [-0.15, -0.1) is 0 Å². The fourth-order valence-corrected chi connectivity index (χ4v) is 2.47. The summed E-state index contributed by atoms with van der Waals surface area (Å²) in [6.45, 7) is 4.39. The number of halogens is 1. The van der Waals surface area contributed by atoms with Crippen molar-refractivity contribution in [1.82, 2.24) is 4.98 Å². The highest BCUT2D eigenvalue weighted by atomic mass is 79.9. The molecule has 0 aliphatic rings. The number of hydrogen-bond donors (Lipinski definition) is 0. The summed E-state index contributed by atoms with van der Waals surface area (Å²) in [6.07, 6.45) is 9.57. The molecule has 90 valence electrons. The number of alkyl halides is 1. The maximum atomic E-state index is 4.43. The van der Waals surface area contributed by atoms with Gasteiger partial charge in [-0.3, -0.25) is 4.98 Å². The lowest BCUT2D eigenvalue weighted by Gasteiger charge is -2.10. The molecular weight excluding hydrogens is 262 g/mol. The van der Waals surface area contributed by atoms with Crippen molar-refractivity contribution in [2.75, 3.05) is 0 Å². The smallest absolute Gasteiger partial charge is 0.0443 e. The fraction of sp³-hybridized carbons (Fsp3) is 0.643. The average molecular weight is 284 g/mol. The molecule has 1 nitrogen and oxygen atoms in total. The second-order valence-electron chi connectivity index (χ2n) is 4.42. The third kappa shape index (κ3) is 5.11. The molecule has 0 aliphatic carbocycles. The van der Waals surface area contributed by atoms with Crippen molar-refractivity contribution in [3.8, 4) is 0 Å². The monoisotopic (exact) mass is 283 g/mol. The summed E-state index contributed by atoms with van der Waals surface area (Å²) in [6, 6.07) is 4.14. The molecule has 0 aromatic carbocycles. The lowest BCUT2D eigenvalue weighted by Crippen LogP contribution is -2.05. The number of hydrogen-bond acceptors (Lipinski definition) is 1. The van der Waals surface area contributed by atoms with E-state index in [1.54, 1.807) is 0 Å². The van der Waals surface area contributed by atoms with Gasteiger partial charge in [0, 0.05) is 23.1 Å². The molecule has 1 unspecified atom stereocenters. The summed E-state index contributed by atoms with van der Waals surface area (Å²) in [4.78, 5) is 5.01. The number of nitrogens with zero attached hydrogens (tertiary/aromatic N) is 1. The number of pyridine rings is 1. The molecule has 0 spiro atoms. The van der Waals surface area contributed by atoms with Crippen LogP contribution < -0.4 is 0 Å². The maximum Gasteiger partial charge on any atom is 0.0443 e. The zero-order chi connectivity index (χ0) is 11.8. The van der Waals surface area contributed by atoms with Gasteiger partial charge in [0.2, 0.25) is 0 Å². The van der Waals surface area contributed by atoms with E-state index in [1.165, 1.54) is 43.4 Å². The van der Waals surface area contributed by atoms with Gasteiger partial charge in [0.15, 0.2) is 0 Å². The van der Waals surface area contributed by atoms with Crippen LogP contribution in [0.1, 0.15) is 50.3 Å². The normalized spacial score (nSPS) is 12.7. The molecule has 1 aromatic heterocycles. The standard InChI is InChI=1S/C14H22BrN/c1-3-4-5-6-9-13(15)11-14-12(2)8-7-10-16-14/h7-8,10,13H,3-6,9,11H2,1-2H3. The van der Waals surface area contributed by atoms with E-state index in [0.717, 1.165) is 6.42 Å². The van der Waals surface area contributed by atoms with Gasteiger partial charge in [-0.1, -0.05) is 54.6 Å². The minimum Gasteiger partial charge on any atom is -0.261 e. The van der Waals surface area contributed by atoms with E-state index in [2.05, 4.69) is 40.8 Å². The van der Waals surface area contributed by atoms with Gasteiger partial charge in [-0.05, 0) is 25.0 Å². The Hall–Kier alpha value is -0.370. The average Bonchev–Trinajstić information content (AvgIpc) is 2.28. The predicted octanol–water partition coefficient (Wildman–Crippen LogP) is 4.67. The summed E-state index contributed by atoms with van der Waals surface area (Å²) >= 11 is 3.76. The second kappa shape index (κ2) is 7.83. The Labute approximate surface area is 108 Å². The molecule has 16 heavy (non-hydrogen) atoms. The zero-order valence-electron chi connectivity index (χ0n) is 10.4. The van der Waals surface area contributed by atoms with Crippen LogP contribution in [-0.2, 0) is 6.42 Å². The van der Waals surface area contributed by atoms with Gasteiger partial charge in [0.25, 0.3) is 0 Å². The Kier molecular flexibility index (Phi) is 6.70. The zero-order valence-corrected chi connectivity index (χ0v) is 12.0. The van der Waals surface area contributed by atoms with Crippen molar-refractivity contribution in [3.63, 3.8) is 0 Å². The first-order chi connectivity index (χ1) is 7.74. The number of aryl methyl sites for hydroxylation is 1. The van der Waals surface area contributed by atoms with Gasteiger partial charge < -0.3 is 0 Å². The molecule has 0 radical (unpaired) electrons. The Morgan fingerprint density at radius 3 is 2.81 bits per heavy atom. The molecule has 0 saturated carbocycles. The van der Waals surface area contributed by atoms with Crippen LogP contribution in [-0.4, -0.2) is 9.81 Å². The first-order valence-electron chi connectivity index (χ1n) is 6.28. The molecule has 0 bridgehead atoms. The van der Waals surface area contributed by atoms with Gasteiger partial charge in [-0.2, -0.15) is 0 Å². The molecule has 0 amide bonds. The van der Waals surface area contributed by atoms with Crippen molar-refractivity contribution in [1.29, 1.82) is 0 Å². The lowest BCUT2D eigenvalue weighted by molar-refractivity contribution is 0.616. The number of rotatable bonds is 7. The molecule has 1 rings (SSSR count). The Balaban J connectivity index is 2.28. The van der Waals surface area contributed by atoms with Crippen molar-refractivity contribution < 1.29 is 0 Å². The molecule has 1 atom stereocenters. The van der Waals surface area contributed by atoms with E-state index in [1.807, 2.05) is 12.3 Å². The van der Waals surface area contributed by atoms with Crippen LogP contribution in [0.2, 0.25) is 0 Å². The Morgan fingerprint density at radius 1 is 1.31 bits per heavy atom. The first-order valence-corrected chi connectivity index (χ1v) is 7.20. The molecular formula is C14H22BrN. The van der Waals surface area contributed by atoms with Gasteiger partial charge in [0.1, 0.15) is 0 Å². The Bertz CT molecular complexity index is 299. The van der Waals surface area contributed by atoms with E-state index in [9.17, 15) is 0 Å². The van der Waals surface area contributed by atoms with Crippen molar-refractivity contribution in [3.05, 3.63) is 29.6 Å². The molecule has 1 aromatic rings. The number of unbranched alkanes of at least 4 members (excludes halogenated alkanes) is 3. The highest BCUT2D eigenvalue weighted by Crippen LogP contribution is 2.17. The van der Waals surface area contributed by atoms with Crippen LogP contribution in [0.3, 0.4) is 0 Å². The minimum absolute atomic E-state index is 0.581. The fourth-order valence-electron chi connectivity index (χ4n) is 1.84. The maximum absolute atomic E-state index is 4.43. The summed E-state index contributed by atoms with van der Waals surface area (Å²) in [5.74, 6) is 0. The van der Waals surface area contributed by atoms with E-state index in [4.69, 9.17) is 0 Å². The minimum atomic E-state index is 0.581. The topological polar surface area (TPSA) is 12.9 Å². The number of aromatic nitrogens is 1. The van der Waals surface area contributed by atoms with Crippen LogP contribution in [0.25, 0.3) is 0 Å². The van der Waals surface area contributed by atoms with Gasteiger partial charge >= 0.3 is 0 Å². The van der Waals surface area contributed by atoms with E-state index in [0.29, 0.717) is 4.83 Å². The third-order valence-electron chi connectivity index (χ3n) is 2.90. The lowest BCUT2D eigenvalue weighted by atomic mass is 10.1. The van der Waals surface area contributed by atoms with E-state index < -0.39 is 0 Å². The second-order valence-corrected chi connectivity index (χ2v) is 5.71. The van der Waals surface area contributed by atoms with Crippen LogP contribution >= 0.6 is 15.9 Å². The van der Waals surface area contributed by atoms with E-state index >= 15 is 0 Å². The van der Waals surface area contributed by atoms with Crippen molar-refractivity contribution in [2.24, 2.45) is 0 Å². The van der Waals surface area contributed by atoms with E-state index in [-0.39, 0.29) is 0 Å². The van der Waals surface area contributed by atoms with Gasteiger partial charge in [-0.25, -0.2) is 0 Å². The highest BCUT2D eigenvalue weighted by Gasteiger charge is 2.07.